The van der Waals surface area contributed by atoms with Crippen LogP contribution in [0.3, 0.4) is 0 Å². The van der Waals surface area contributed by atoms with Gasteiger partial charge in [0.25, 0.3) is 5.91 Å². The van der Waals surface area contributed by atoms with Crippen LogP contribution in [-0.2, 0) is 4.79 Å². The van der Waals surface area contributed by atoms with Crippen LogP contribution in [0.15, 0.2) is 24.3 Å². The lowest BCUT2D eigenvalue weighted by Crippen LogP contribution is -2.75. The summed E-state index contributed by atoms with van der Waals surface area (Å²) >= 11 is 4.34. The van der Waals surface area contributed by atoms with Crippen LogP contribution in [0, 0.1) is 0 Å². The van der Waals surface area contributed by atoms with Crippen LogP contribution in [0.2, 0.25) is 0 Å². The first kappa shape index (κ1) is 25.7. The fourth-order valence-corrected chi connectivity index (χ4v) is 7.48. The van der Waals surface area contributed by atoms with Gasteiger partial charge < -0.3 is 31.1 Å². The van der Waals surface area contributed by atoms with Crippen molar-refractivity contribution in [3.63, 3.8) is 0 Å². The van der Waals surface area contributed by atoms with Crippen LogP contribution in [0.25, 0.3) is 0 Å². The van der Waals surface area contributed by atoms with Crippen molar-refractivity contribution < 1.29 is 34.8 Å². The normalized spacial score (nSPS) is 16.4. The molecule has 0 radical (unpaired) electrons. The molecule has 0 aliphatic heterocycles. The lowest BCUT2D eigenvalue weighted by Gasteiger charge is -2.53. The Hall–Kier alpha value is -0.340. The number of carbonyl (C=O) groups excluding carboxylic acids is 3. The number of halogens is 3. The summed E-state index contributed by atoms with van der Waals surface area (Å²) in [5, 5.41) is 40.4. The zero-order valence-corrected chi connectivity index (χ0v) is 20.9. The molecule has 13 heteroatoms. The minimum absolute atomic E-state index is 0.108. The third-order valence-corrected chi connectivity index (χ3v) is 7.20. The Kier molecular flexibility index (Phi) is 9.28. The summed E-state index contributed by atoms with van der Waals surface area (Å²) in [6, 6.07) is 5.63. The van der Waals surface area contributed by atoms with Crippen molar-refractivity contribution in [3.05, 3.63) is 35.4 Å². The third-order valence-electron chi connectivity index (χ3n) is 4.03. The number of nitrogens with two attached hydrogens (primary N) is 1. The standard InChI is InChI=1S/C15H18I3N3O7/c1-20(10(24)6-22)15(13(16)27,14(17,28)7-23)21(18)12(26)9-5-3-2-4-8(9)11(19)25/h2-5,13,22-23,27-28H,6-7H2,1H3,(H2,19,25). The smallest absolute Gasteiger partial charge is 0.265 e. The lowest BCUT2D eigenvalue weighted by atomic mass is 9.99. The summed E-state index contributed by atoms with van der Waals surface area (Å²) in [6.45, 7) is -1.93. The highest BCUT2D eigenvalue weighted by atomic mass is 127. The Bertz CT molecular complexity index is 762. The second-order valence-corrected chi connectivity index (χ2v) is 9.52. The van der Waals surface area contributed by atoms with Crippen molar-refractivity contribution in [1.29, 1.82) is 0 Å². The van der Waals surface area contributed by atoms with E-state index >= 15 is 0 Å². The van der Waals surface area contributed by atoms with Crippen LogP contribution in [0.4, 0.5) is 0 Å². The van der Waals surface area contributed by atoms with Gasteiger partial charge in [0.2, 0.25) is 17.5 Å². The van der Waals surface area contributed by atoms with Gasteiger partial charge in [0.05, 0.1) is 40.6 Å². The minimum Gasteiger partial charge on any atom is -0.392 e. The Morgan fingerprint density at radius 1 is 1.21 bits per heavy atom. The van der Waals surface area contributed by atoms with E-state index in [1.54, 1.807) is 0 Å². The number of carbonyl (C=O) groups is 3. The number of primary amides is 1. The van der Waals surface area contributed by atoms with E-state index < -0.39 is 44.3 Å². The molecule has 0 aliphatic carbocycles. The predicted octanol–water partition coefficient (Wildman–Crippen LogP) is -0.406. The summed E-state index contributed by atoms with van der Waals surface area (Å²) in [5.74, 6) is -2.68. The minimum atomic E-state index is -2.26. The van der Waals surface area contributed by atoms with Crippen LogP contribution >= 0.6 is 68.0 Å². The van der Waals surface area contributed by atoms with Gasteiger partial charge in [0.1, 0.15) is 6.61 Å². The molecule has 0 saturated carbocycles. The van der Waals surface area contributed by atoms with Crippen molar-refractivity contribution in [3.8, 4) is 0 Å². The lowest BCUT2D eigenvalue weighted by molar-refractivity contribution is -0.164. The zero-order valence-electron chi connectivity index (χ0n) is 14.4. The number of aliphatic hydroxyl groups excluding tert-OH is 3. The third kappa shape index (κ3) is 4.53. The van der Waals surface area contributed by atoms with Crippen LogP contribution in [0.1, 0.15) is 20.7 Å². The summed E-state index contributed by atoms with van der Waals surface area (Å²) in [6.07, 6.45) is 0. The molecular formula is C15H18I3N3O7. The quantitative estimate of drug-likeness (QED) is 0.105. The van der Waals surface area contributed by atoms with E-state index in [0.717, 1.165) is 15.1 Å². The van der Waals surface area contributed by atoms with E-state index in [1.807, 2.05) is 0 Å². The van der Waals surface area contributed by atoms with E-state index in [4.69, 9.17) is 5.73 Å². The van der Waals surface area contributed by atoms with Crippen LogP contribution in [-0.4, -0.2) is 79.8 Å². The molecule has 0 saturated heterocycles. The predicted molar refractivity (Wildman–Crippen MR) is 124 cm³/mol. The number of likely N-dealkylation sites (N-methyl/N-ethyl adjacent to an activating group) is 1. The largest absolute Gasteiger partial charge is 0.392 e. The van der Waals surface area contributed by atoms with Crippen molar-refractivity contribution in [2.24, 2.45) is 5.73 Å². The fraction of sp³-hybridized carbons (Fsp3) is 0.400. The Morgan fingerprint density at radius 3 is 2.11 bits per heavy atom. The molecule has 6 N–H and O–H groups in total. The highest BCUT2D eigenvalue weighted by Gasteiger charge is 2.62. The van der Waals surface area contributed by atoms with Crippen LogP contribution in [0.5, 0.6) is 0 Å². The molecular weight excluding hydrogens is 715 g/mol. The van der Waals surface area contributed by atoms with Gasteiger partial charge >= 0.3 is 0 Å². The SMILES string of the molecule is CN(C(=O)CO)C(C(O)I)(N(I)C(=O)c1ccccc1C(N)=O)C(O)(I)CO. The molecule has 3 atom stereocenters. The average molecular weight is 733 g/mol. The van der Waals surface area contributed by atoms with E-state index in [1.165, 1.54) is 92.3 Å². The zero-order chi connectivity index (χ0) is 21.9. The summed E-state index contributed by atoms with van der Waals surface area (Å²) in [5.41, 5.74) is 2.83. The van der Waals surface area contributed by atoms with Crippen molar-refractivity contribution in [1.82, 2.24) is 8.01 Å². The number of aliphatic hydroxyl groups is 4. The number of benzene rings is 1. The first-order valence-corrected chi connectivity index (χ1v) is 10.8. The maximum absolute atomic E-state index is 13.2. The molecule has 156 valence electrons. The Morgan fingerprint density at radius 2 is 1.71 bits per heavy atom. The first-order valence-electron chi connectivity index (χ1n) is 7.51. The molecule has 0 fully saturated rings. The highest BCUT2D eigenvalue weighted by molar-refractivity contribution is 14.1. The second-order valence-electron chi connectivity index (χ2n) is 5.59. The number of hydrogen-bond donors (Lipinski definition) is 5. The summed E-state index contributed by atoms with van der Waals surface area (Å²) in [7, 11) is 1.15. The molecule has 0 bridgehead atoms. The molecule has 3 unspecified atom stereocenters. The average Bonchev–Trinajstić information content (AvgIpc) is 2.66. The van der Waals surface area contributed by atoms with E-state index in [0.29, 0.717) is 0 Å². The Labute approximate surface area is 201 Å². The van der Waals surface area contributed by atoms with E-state index in [2.05, 4.69) is 0 Å². The van der Waals surface area contributed by atoms with Gasteiger partial charge in [-0.3, -0.25) is 14.4 Å². The molecule has 1 rings (SSSR count). The first-order chi connectivity index (χ1) is 12.9. The number of nitrogens with zero attached hydrogens (tertiary/aromatic N) is 2. The van der Waals surface area contributed by atoms with Crippen molar-refractivity contribution in [2.75, 3.05) is 20.3 Å². The molecule has 0 spiro atoms. The maximum atomic E-state index is 13.2. The summed E-state index contributed by atoms with van der Waals surface area (Å²) < 4.78 is -3.08. The van der Waals surface area contributed by atoms with Gasteiger partial charge in [-0.25, -0.2) is 3.11 Å². The molecule has 1 aromatic carbocycles. The fourth-order valence-electron chi connectivity index (χ4n) is 2.53. The molecule has 10 nitrogen and oxygen atoms in total. The van der Waals surface area contributed by atoms with Gasteiger partial charge in [-0.15, -0.1) is 0 Å². The Balaban J connectivity index is 3.73. The number of hydrogen-bond acceptors (Lipinski definition) is 7. The summed E-state index contributed by atoms with van der Waals surface area (Å²) in [4.78, 5) is 37.9. The topological polar surface area (TPSA) is 165 Å². The molecule has 28 heavy (non-hydrogen) atoms. The molecule has 0 aliphatic rings. The van der Waals surface area contributed by atoms with E-state index in [9.17, 15) is 34.8 Å². The molecule has 1 aromatic rings. The van der Waals surface area contributed by atoms with Gasteiger partial charge in [0.15, 0.2) is 7.72 Å². The van der Waals surface area contributed by atoms with Crippen molar-refractivity contribution in [2.45, 2.75) is 13.4 Å². The molecule has 3 amide bonds. The van der Waals surface area contributed by atoms with Gasteiger partial charge in [0, 0.05) is 7.05 Å². The highest BCUT2D eigenvalue weighted by Crippen LogP contribution is 2.44. The second kappa shape index (κ2) is 10.1. The van der Waals surface area contributed by atoms with E-state index in [-0.39, 0.29) is 11.1 Å². The monoisotopic (exact) mass is 733 g/mol. The van der Waals surface area contributed by atoms with Gasteiger partial charge in [-0.05, 0) is 57.3 Å². The van der Waals surface area contributed by atoms with Crippen molar-refractivity contribution >= 4 is 85.8 Å². The van der Waals surface area contributed by atoms with Gasteiger partial charge in [-0.2, -0.15) is 0 Å². The maximum Gasteiger partial charge on any atom is 0.265 e. The van der Waals surface area contributed by atoms with Gasteiger partial charge in [-0.1, -0.05) is 12.1 Å². The number of rotatable bonds is 8. The molecule has 0 aromatic heterocycles. The number of alkyl halides is 2. The number of amides is 3. The van der Waals surface area contributed by atoms with Crippen LogP contribution < -0.4 is 5.73 Å². The molecule has 0 heterocycles.